The smallest absolute Gasteiger partial charge is 0.0443 e. The average Bonchev–Trinajstić information content (AvgIpc) is 2.38. The number of anilines is 1. The molecule has 0 spiro atoms. The molecule has 98 valence electrons. The van der Waals surface area contributed by atoms with E-state index in [0.29, 0.717) is 12.1 Å². The number of nitrogens with one attached hydrogen (secondary N) is 1. The lowest BCUT2D eigenvalue weighted by Gasteiger charge is -2.46. The van der Waals surface area contributed by atoms with E-state index in [-0.39, 0.29) is 0 Å². The summed E-state index contributed by atoms with van der Waals surface area (Å²) in [6.07, 6.45) is 5.50. The van der Waals surface area contributed by atoms with E-state index < -0.39 is 0 Å². The van der Waals surface area contributed by atoms with Crippen molar-refractivity contribution >= 4 is 5.69 Å². The normalized spacial score (nSPS) is 28.0. The van der Waals surface area contributed by atoms with Gasteiger partial charge in [-0.3, -0.25) is 0 Å². The van der Waals surface area contributed by atoms with Crippen LogP contribution in [0.15, 0.2) is 18.2 Å². The zero-order valence-electron chi connectivity index (χ0n) is 11.6. The second-order valence-electron chi connectivity index (χ2n) is 5.90. The molecule has 1 N–H and O–H groups in total. The summed E-state index contributed by atoms with van der Waals surface area (Å²) in [6.45, 7) is 6.72. The van der Waals surface area contributed by atoms with Crippen LogP contribution in [0, 0.1) is 13.8 Å². The van der Waals surface area contributed by atoms with Gasteiger partial charge >= 0.3 is 0 Å². The molecule has 0 radical (unpaired) electrons. The number of hydrogen-bond donors (Lipinski definition) is 1. The molecular weight excluding hydrogens is 220 g/mol. The lowest BCUT2D eigenvalue weighted by atomic mass is 9.87. The third kappa shape index (κ3) is 2.14. The third-order valence-corrected chi connectivity index (χ3v) is 4.55. The van der Waals surface area contributed by atoms with E-state index in [9.17, 15) is 0 Å². The Hall–Kier alpha value is -1.02. The van der Waals surface area contributed by atoms with Crippen LogP contribution in [0.5, 0.6) is 0 Å². The minimum atomic E-state index is 0.716. The van der Waals surface area contributed by atoms with Gasteiger partial charge < -0.3 is 10.2 Å². The molecule has 0 aromatic heterocycles. The van der Waals surface area contributed by atoms with Crippen molar-refractivity contribution in [3.05, 3.63) is 29.3 Å². The van der Waals surface area contributed by atoms with Crippen molar-refractivity contribution in [2.24, 2.45) is 0 Å². The quantitative estimate of drug-likeness (QED) is 0.817. The summed E-state index contributed by atoms with van der Waals surface area (Å²) in [5.74, 6) is 0. The van der Waals surface area contributed by atoms with E-state index in [0.717, 1.165) is 13.1 Å². The van der Waals surface area contributed by atoms with Gasteiger partial charge in [-0.1, -0.05) is 30.5 Å². The molecule has 0 bridgehead atoms. The van der Waals surface area contributed by atoms with Gasteiger partial charge in [0, 0.05) is 30.9 Å². The number of nitrogens with zero attached hydrogens (tertiary/aromatic N) is 1. The Morgan fingerprint density at radius 3 is 2.83 bits per heavy atom. The van der Waals surface area contributed by atoms with Crippen molar-refractivity contribution in [2.75, 3.05) is 18.0 Å². The number of rotatable bonds is 1. The van der Waals surface area contributed by atoms with Crippen LogP contribution in [0.3, 0.4) is 0 Å². The first-order valence-corrected chi connectivity index (χ1v) is 7.33. The minimum Gasteiger partial charge on any atom is -0.365 e. The molecular formula is C16H24N2. The number of fused-ring (bicyclic) bond motifs is 1. The second kappa shape index (κ2) is 4.93. The summed E-state index contributed by atoms with van der Waals surface area (Å²) in [6, 6.07) is 8.32. The molecule has 2 nitrogen and oxygen atoms in total. The Morgan fingerprint density at radius 1 is 1.17 bits per heavy atom. The van der Waals surface area contributed by atoms with Gasteiger partial charge in [0.25, 0.3) is 0 Å². The van der Waals surface area contributed by atoms with Crippen molar-refractivity contribution in [3.63, 3.8) is 0 Å². The molecule has 2 aliphatic rings. The third-order valence-electron chi connectivity index (χ3n) is 4.55. The Kier molecular flexibility index (Phi) is 3.29. The van der Waals surface area contributed by atoms with Crippen molar-refractivity contribution in [1.82, 2.24) is 5.32 Å². The van der Waals surface area contributed by atoms with Gasteiger partial charge in [0.05, 0.1) is 0 Å². The van der Waals surface area contributed by atoms with Crippen LogP contribution in [0.4, 0.5) is 5.69 Å². The Morgan fingerprint density at radius 2 is 2.00 bits per heavy atom. The largest absolute Gasteiger partial charge is 0.365 e. The first kappa shape index (κ1) is 12.0. The van der Waals surface area contributed by atoms with Crippen molar-refractivity contribution in [1.29, 1.82) is 0 Å². The van der Waals surface area contributed by atoms with E-state index >= 15 is 0 Å². The SMILES string of the molecule is Cc1ccc(N2CCN[C@@H]3CCCC[C@@H]32)c(C)c1. The molecule has 3 rings (SSSR count). The highest BCUT2D eigenvalue weighted by Gasteiger charge is 2.33. The lowest BCUT2D eigenvalue weighted by Crippen LogP contribution is -2.59. The molecule has 1 saturated carbocycles. The van der Waals surface area contributed by atoms with Gasteiger partial charge in [0.2, 0.25) is 0 Å². The fourth-order valence-electron chi connectivity index (χ4n) is 3.69. The summed E-state index contributed by atoms with van der Waals surface area (Å²) in [5, 5.41) is 3.71. The van der Waals surface area contributed by atoms with Gasteiger partial charge in [-0.25, -0.2) is 0 Å². The van der Waals surface area contributed by atoms with Crippen molar-refractivity contribution in [2.45, 2.75) is 51.6 Å². The fraction of sp³-hybridized carbons (Fsp3) is 0.625. The van der Waals surface area contributed by atoms with Gasteiger partial charge in [-0.2, -0.15) is 0 Å². The van der Waals surface area contributed by atoms with E-state index in [4.69, 9.17) is 0 Å². The van der Waals surface area contributed by atoms with E-state index in [1.165, 1.54) is 42.5 Å². The maximum Gasteiger partial charge on any atom is 0.0443 e. The van der Waals surface area contributed by atoms with Crippen LogP contribution < -0.4 is 10.2 Å². The average molecular weight is 244 g/mol. The van der Waals surface area contributed by atoms with Gasteiger partial charge in [0.15, 0.2) is 0 Å². The molecule has 1 aliphatic heterocycles. The molecule has 2 fully saturated rings. The van der Waals surface area contributed by atoms with E-state index in [2.05, 4.69) is 42.3 Å². The lowest BCUT2D eigenvalue weighted by molar-refractivity contribution is 0.284. The second-order valence-corrected chi connectivity index (χ2v) is 5.90. The van der Waals surface area contributed by atoms with Crippen molar-refractivity contribution < 1.29 is 0 Å². The first-order valence-electron chi connectivity index (χ1n) is 7.33. The molecule has 0 amide bonds. The molecule has 1 aliphatic carbocycles. The highest BCUT2D eigenvalue weighted by molar-refractivity contribution is 5.56. The molecule has 1 heterocycles. The predicted molar refractivity (Wildman–Crippen MR) is 77.3 cm³/mol. The number of aryl methyl sites for hydroxylation is 2. The van der Waals surface area contributed by atoms with Crippen LogP contribution in [0.1, 0.15) is 36.8 Å². The molecule has 1 saturated heterocycles. The standard InChI is InChI=1S/C16H24N2/c1-12-7-8-15(13(2)11-12)18-10-9-17-14-5-3-4-6-16(14)18/h7-8,11,14,16-17H,3-6,9-10H2,1-2H3/t14-,16+/m1/s1. The van der Waals surface area contributed by atoms with Crippen LogP contribution in [-0.2, 0) is 0 Å². The maximum atomic E-state index is 3.71. The minimum absolute atomic E-state index is 0.716. The fourth-order valence-corrected chi connectivity index (χ4v) is 3.69. The summed E-state index contributed by atoms with van der Waals surface area (Å²) < 4.78 is 0. The first-order chi connectivity index (χ1) is 8.75. The van der Waals surface area contributed by atoms with Crippen LogP contribution >= 0.6 is 0 Å². The Balaban J connectivity index is 1.89. The summed E-state index contributed by atoms with van der Waals surface area (Å²) in [7, 11) is 0. The molecule has 18 heavy (non-hydrogen) atoms. The van der Waals surface area contributed by atoms with Gasteiger partial charge in [-0.15, -0.1) is 0 Å². The van der Waals surface area contributed by atoms with Gasteiger partial charge in [0.1, 0.15) is 0 Å². The molecule has 2 heteroatoms. The Bertz CT molecular complexity index is 425. The number of benzene rings is 1. The summed E-state index contributed by atoms with van der Waals surface area (Å²) in [4.78, 5) is 2.66. The monoisotopic (exact) mass is 244 g/mol. The van der Waals surface area contributed by atoms with Gasteiger partial charge in [-0.05, 0) is 38.3 Å². The Labute approximate surface area is 110 Å². The number of piperazine rings is 1. The molecule has 0 unspecified atom stereocenters. The van der Waals surface area contributed by atoms with Crippen molar-refractivity contribution in [3.8, 4) is 0 Å². The number of hydrogen-bond acceptors (Lipinski definition) is 2. The summed E-state index contributed by atoms with van der Waals surface area (Å²) in [5.41, 5.74) is 4.26. The van der Waals surface area contributed by atoms with Crippen LogP contribution in [0.2, 0.25) is 0 Å². The van der Waals surface area contributed by atoms with Crippen LogP contribution in [0.25, 0.3) is 0 Å². The molecule has 1 aromatic rings. The van der Waals surface area contributed by atoms with Crippen LogP contribution in [-0.4, -0.2) is 25.2 Å². The topological polar surface area (TPSA) is 15.3 Å². The van der Waals surface area contributed by atoms with E-state index in [1.807, 2.05) is 0 Å². The maximum absolute atomic E-state index is 3.71. The molecule has 2 atom stereocenters. The highest BCUT2D eigenvalue weighted by atomic mass is 15.2. The zero-order chi connectivity index (χ0) is 12.5. The summed E-state index contributed by atoms with van der Waals surface area (Å²) >= 11 is 0. The zero-order valence-corrected chi connectivity index (χ0v) is 11.6. The highest BCUT2D eigenvalue weighted by Crippen LogP contribution is 2.31. The predicted octanol–water partition coefficient (Wildman–Crippen LogP) is 3.02. The van der Waals surface area contributed by atoms with E-state index in [1.54, 1.807) is 0 Å². The molecule has 1 aromatic carbocycles.